The lowest BCUT2D eigenvalue weighted by Gasteiger charge is -2.37. The molecule has 0 bridgehead atoms. The van der Waals surface area contributed by atoms with Gasteiger partial charge in [0, 0.05) is 37.8 Å². The number of ether oxygens (including phenoxy) is 1. The number of halogens is 1. The van der Waals surface area contributed by atoms with E-state index in [2.05, 4.69) is 27.5 Å². The molecular weight excluding hydrogens is 423 g/mol. The molecule has 5 nitrogen and oxygen atoms in total. The molecule has 0 atom stereocenters. The fourth-order valence-electron chi connectivity index (χ4n) is 2.56. The van der Waals surface area contributed by atoms with E-state index in [0.717, 1.165) is 50.0 Å². The molecule has 2 heterocycles. The van der Waals surface area contributed by atoms with Crippen LogP contribution in [-0.4, -0.2) is 48.2 Å². The van der Waals surface area contributed by atoms with E-state index in [-0.39, 0.29) is 28.7 Å². The number of nitrogens with one attached hydrogen (secondary N) is 2. The summed E-state index contributed by atoms with van der Waals surface area (Å²) in [5, 5.41) is 6.79. The van der Waals surface area contributed by atoms with Crippen LogP contribution in [0, 0.1) is 0 Å². The molecule has 1 fully saturated rings. The Bertz CT molecular complexity index is 461. The highest BCUT2D eigenvalue weighted by molar-refractivity contribution is 14.0. The molecule has 1 aliphatic rings. The Kier molecular flexibility index (Phi) is 9.89. The third kappa shape index (κ3) is 6.84. The van der Waals surface area contributed by atoms with Crippen molar-refractivity contribution in [2.45, 2.75) is 31.1 Å². The van der Waals surface area contributed by atoms with Crippen molar-refractivity contribution >= 4 is 41.7 Å². The number of guanidine groups is 1. The molecular formula is C16H27IN4OS. The second-order valence-electron chi connectivity index (χ2n) is 5.33. The van der Waals surface area contributed by atoms with Crippen LogP contribution >= 0.6 is 35.7 Å². The van der Waals surface area contributed by atoms with Gasteiger partial charge in [0.2, 0.25) is 0 Å². The summed E-state index contributed by atoms with van der Waals surface area (Å²) in [6.45, 7) is 5.52. The lowest BCUT2D eigenvalue weighted by atomic mass is 9.99. The molecule has 0 amide bonds. The predicted molar refractivity (Wildman–Crippen MR) is 109 cm³/mol. The van der Waals surface area contributed by atoms with Crippen molar-refractivity contribution in [2.75, 3.05) is 32.6 Å². The second kappa shape index (κ2) is 11.1. The normalized spacial score (nSPS) is 17.2. The van der Waals surface area contributed by atoms with E-state index in [1.54, 1.807) is 7.05 Å². The fourth-order valence-corrected chi connectivity index (χ4v) is 3.81. The number of hydrogen-bond donors (Lipinski definition) is 2. The van der Waals surface area contributed by atoms with Crippen molar-refractivity contribution in [3.8, 4) is 0 Å². The van der Waals surface area contributed by atoms with Gasteiger partial charge >= 0.3 is 0 Å². The number of thioether (sulfide) groups is 1. The van der Waals surface area contributed by atoms with E-state index in [9.17, 15) is 0 Å². The second-order valence-corrected chi connectivity index (χ2v) is 7.06. The van der Waals surface area contributed by atoms with E-state index in [1.165, 1.54) is 0 Å². The number of hydrogen-bond acceptors (Lipinski definition) is 4. The van der Waals surface area contributed by atoms with Crippen LogP contribution in [0.25, 0.3) is 0 Å². The number of nitrogens with zero attached hydrogens (tertiary/aromatic N) is 2. The number of pyridine rings is 1. The van der Waals surface area contributed by atoms with Gasteiger partial charge in [0.1, 0.15) is 0 Å². The average molecular weight is 450 g/mol. The number of aliphatic imine (C=N–C) groups is 1. The minimum absolute atomic E-state index is 0. The molecule has 2 N–H and O–H groups in total. The van der Waals surface area contributed by atoms with Gasteiger partial charge in [-0.2, -0.15) is 11.8 Å². The molecule has 23 heavy (non-hydrogen) atoms. The Labute approximate surface area is 160 Å². The van der Waals surface area contributed by atoms with Gasteiger partial charge in [0.15, 0.2) is 5.96 Å². The zero-order chi connectivity index (χ0) is 15.7. The van der Waals surface area contributed by atoms with Crippen LogP contribution in [0.1, 0.15) is 25.5 Å². The molecule has 1 aliphatic heterocycles. The summed E-state index contributed by atoms with van der Waals surface area (Å²) in [6, 6.07) is 5.93. The molecule has 2 rings (SSSR count). The topological polar surface area (TPSA) is 58.5 Å². The summed E-state index contributed by atoms with van der Waals surface area (Å²) < 4.78 is 5.77. The van der Waals surface area contributed by atoms with Gasteiger partial charge in [0.25, 0.3) is 0 Å². The van der Waals surface area contributed by atoms with Crippen LogP contribution < -0.4 is 10.6 Å². The summed E-state index contributed by atoms with van der Waals surface area (Å²) in [7, 11) is 1.80. The maximum atomic E-state index is 5.51. The maximum Gasteiger partial charge on any atom is 0.191 e. The Morgan fingerprint density at radius 1 is 1.35 bits per heavy atom. The first-order valence-corrected chi connectivity index (χ1v) is 8.83. The van der Waals surface area contributed by atoms with Crippen molar-refractivity contribution in [3.05, 3.63) is 30.1 Å². The number of aromatic nitrogens is 1. The van der Waals surface area contributed by atoms with Crippen LogP contribution in [0.2, 0.25) is 0 Å². The smallest absolute Gasteiger partial charge is 0.191 e. The quantitative estimate of drug-likeness (QED) is 0.397. The first kappa shape index (κ1) is 20.5. The third-order valence-corrected chi connectivity index (χ3v) is 5.27. The molecule has 130 valence electrons. The summed E-state index contributed by atoms with van der Waals surface area (Å²) in [5.74, 6) is 1.95. The molecule has 0 unspecified atom stereocenters. The van der Waals surface area contributed by atoms with Crippen molar-refractivity contribution in [1.29, 1.82) is 0 Å². The first-order chi connectivity index (χ1) is 10.8. The van der Waals surface area contributed by atoms with Crippen molar-refractivity contribution in [3.63, 3.8) is 0 Å². The minimum atomic E-state index is 0. The standard InChI is InChI=1S/C16H26N4OS.HI/c1-3-22-16(7-10-21-11-8-16)13-20-15(17-2)19-12-14-6-4-5-9-18-14;/h4-6,9H,3,7-8,10-13H2,1-2H3,(H2,17,19,20);1H. The maximum absolute atomic E-state index is 5.51. The summed E-state index contributed by atoms with van der Waals surface area (Å²) >= 11 is 2.03. The van der Waals surface area contributed by atoms with Gasteiger partial charge in [0.05, 0.1) is 12.2 Å². The lowest BCUT2D eigenvalue weighted by Crippen LogP contribution is -2.48. The lowest BCUT2D eigenvalue weighted by molar-refractivity contribution is 0.0782. The van der Waals surface area contributed by atoms with Gasteiger partial charge < -0.3 is 15.4 Å². The van der Waals surface area contributed by atoms with Crippen molar-refractivity contribution < 1.29 is 4.74 Å². The van der Waals surface area contributed by atoms with E-state index in [4.69, 9.17) is 4.74 Å². The van der Waals surface area contributed by atoms with Crippen LogP contribution in [0.5, 0.6) is 0 Å². The highest BCUT2D eigenvalue weighted by atomic mass is 127. The van der Waals surface area contributed by atoms with Gasteiger partial charge in [-0.3, -0.25) is 9.98 Å². The van der Waals surface area contributed by atoms with Gasteiger partial charge in [-0.15, -0.1) is 24.0 Å². The Hall–Kier alpha value is -0.540. The van der Waals surface area contributed by atoms with E-state index < -0.39 is 0 Å². The molecule has 0 aromatic carbocycles. The molecule has 0 spiro atoms. The third-order valence-electron chi connectivity index (χ3n) is 3.82. The zero-order valence-corrected chi connectivity index (χ0v) is 17.0. The summed E-state index contributed by atoms with van der Waals surface area (Å²) in [6.07, 6.45) is 3.99. The molecule has 1 aromatic heterocycles. The monoisotopic (exact) mass is 450 g/mol. The van der Waals surface area contributed by atoms with Crippen LogP contribution in [0.3, 0.4) is 0 Å². The van der Waals surface area contributed by atoms with E-state index >= 15 is 0 Å². The fraction of sp³-hybridized carbons (Fsp3) is 0.625. The van der Waals surface area contributed by atoms with Crippen molar-refractivity contribution in [1.82, 2.24) is 15.6 Å². The molecule has 1 saturated heterocycles. The first-order valence-electron chi connectivity index (χ1n) is 7.84. The van der Waals surface area contributed by atoms with Gasteiger partial charge in [-0.25, -0.2) is 0 Å². The van der Waals surface area contributed by atoms with Crippen LogP contribution in [-0.2, 0) is 11.3 Å². The van der Waals surface area contributed by atoms with Gasteiger partial charge in [-0.05, 0) is 30.7 Å². The Balaban J connectivity index is 0.00000264. The summed E-state index contributed by atoms with van der Waals surface area (Å²) in [5.41, 5.74) is 1.01. The van der Waals surface area contributed by atoms with Crippen molar-refractivity contribution in [2.24, 2.45) is 4.99 Å². The molecule has 0 radical (unpaired) electrons. The zero-order valence-electron chi connectivity index (χ0n) is 13.9. The highest BCUT2D eigenvalue weighted by Crippen LogP contribution is 2.34. The van der Waals surface area contributed by atoms with Crippen LogP contribution in [0.15, 0.2) is 29.4 Å². The largest absolute Gasteiger partial charge is 0.381 e. The Morgan fingerprint density at radius 2 is 2.13 bits per heavy atom. The molecule has 1 aromatic rings. The minimum Gasteiger partial charge on any atom is -0.381 e. The summed E-state index contributed by atoms with van der Waals surface area (Å²) in [4.78, 5) is 8.62. The van der Waals surface area contributed by atoms with E-state index in [1.807, 2.05) is 36.2 Å². The van der Waals surface area contributed by atoms with Crippen LogP contribution in [0.4, 0.5) is 0 Å². The predicted octanol–water partition coefficient (Wildman–Crippen LogP) is 2.67. The number of rotatable bonds is 6. The average Bonchev–Trinajstić information content (AvgIpc) is 2.57. The molecule has 0 saturated carbocycles. The van der Waals surface area contributed by atoms with Gasteiger partial charge in [-0.1, -0.05) is 13.0 Å². The molecule has 0 aliphatic carbocycles. The van der Waals surface area contributed by atoms with E-state index in [0.29, 0.717) is 6.54 Å². The SMILES string of the molecule is CCSC1(CNC(=NC)NCc2ccccn2)CCOCC1.I. The molecule has 7 heteroatoms. The highest BCUT2D eigenvalue weighted by Gasteiger charge is 2.32. The Morgan fingerprint density at radius 3 is 2.74 bits per heavy atom.